The van der Waals surface area contributed by atoms with Gasteiger partial charge in [-0.15, -0.1) is 0 Å². The van der Waals surface area contributed by atoms with Crippen molar-refractivity contribution in [2.45, 2.75) is 24.7 Å². The van der Waals surface area contributed by atoms with E-state index in [-0.39, 0.29) is 23.6 Å². The average molecular weight is 545 g/mol. The first-order chi connectivity index (χ1) is 18.5. The summed E-state index contributed by atoms with van der Waals surface area (Å²) in [6, 6.07) is 13.9. The van der Waals surface area contributed by atoms with Crippen molar-refractivity contribution in [3.05, 3.63) is 102 Å². The molecule has 0 radical (unpaired) electrons. The van der Waals surface area contributed by atoms with E-state index >= 15 is 0 Å². The summed E-state index contributed by atoms with van der Waals surface area (Å²) in [6.07, 6.45) is -6.35. The maximum atomic E-state index is 14.2. The van der Waals surface area contributed by atoms with Gasteiger partial charge in [-0.05, 0) is 18.1 Å². The molecular formula is C27H20F5N3O4. The van der Waals surface area contributed by atoms with Crippen LogP contribution in [0.1, 0.15) is 17.2 Å². The minimum absolute atomic E-state index is 0.0881. The predicted octanol–water partition coefficient (Wildman–Crippen LogP) is 5.85. The van der Waals surface area contributed by atoms with Crippen LogP contribution in [0.25, 0.3) is 11.3 Å². The van der Waals surface area contributed by atoms with Crippen molar-refractivity contribution in [3.8, 4) is 28.6 Å². The Labute approximate surface area is 218 Å². The number of hydrogen-bond acceptors (Lipinski definition) is 6. The highest BCUT2D eigenvalue weighted by Crippen LogP contribution is 2.41. The Morgan fingerprint density at radius 3 is 2.26 bits per heavy atom. The Balaban J connectivity index is 1.60. The Hall–Kier alpha value is -4.58. The molecule has 1 heterocycles. The van der Waals surface area contributed by atoms with Crippen LogP contribution in [0.2, 0.25) is 0 Å². The lowest BCUT2D eigenvalue weighted by Gasteiger charge is -2.23. The zero-order valence-corrected chi connectivity index (χ0v) is 19.9. The van der Waals surface area contributed by atoms with Crippen LogP contribution in [0.5, 0.6) is 17.4 Å². The minimum atomic E-state index is -4.93. The third-order valence-electron chi connectivity index (χ3n) is 5.47. The number of halogens is 5. The summed E-state index contributed by atoms with van der Waals surface area (Å²) in [5.74, 6) is -4.13. The van der Waals surface area contributed by atoms with Gasteiger partial charge in [-0.25, -0.2) is 18.7 Å². The van der Waals surface area contributed by atoms with Crippen molar-refractivity contribution in [1.82, 2.24) is 9.97 Å². The molecule has 7 nitrogen and oxygen atoms in total. The molecule has 0 amide bonds. The number of nitrogens with zero attached hydrogens (tertiary/aromatic N) is 2. The van der Waals surface area contributed by atoms with Gasteiger partial charge < -0.3 is 20.3 Å². The number of hydrogen-bond donors (Lipinski definition) is 2. The van der Waals surface area contributed by atoms with Crippen LogP contribution in [0.15, 0.2) is 79.1 Å². The summed E-state index contributed by atoms with van der Waals surface area (Å²) in [5, 5.41) is 8.96. The molecule has 4 aromatic rings. The largest absolute Gasteiger partial charge is 0.480 e. The van der Waals surface area contributed by atoms with E-state index in [9.17, 15) is 26.7 Å². The molecule has 3 N–H and O–H groups in total. The second kappa shape index (κ2) is 11.4. The van der Waals surface area contributed by atoms with Gasteiger partial charge in [0.1, 0.15) is 35.5 Å². The summed E-state index contributed by atoms with van der Waals surface area (Å²) in [6.45, 7) is 0. The lowest BCUT2D eigenvalue weighted by molar-refractivity contribution is -0.199. The SMILES string of the molecule is N[C@@H](Cc1ccc(-c2cc(OC(c3ccccc3Oc3cc(F)cc(F)c3)C(F)(F)F)ncn2)cc1)C(=O)O. The Bertz CT molecular complexity index is 1440. The number of alkyl halides is 3. The van der Waals surface area contributed by atoms with Crippen molar-refractivity contribution in [1.29, 1.82) is 0 Å². The molecule has 0 fully saturated rings. The quantitative estimate of drug-likeness (QED) is 0.254. The molecule has 0 spiro atoms. The van der Waals surface area contributed by atoms with E-state index in [0.717, 1.165) is 24.5 Å². The number of aromatic nitrogens is 2. The number of para-hydroxylation sites is 1. The Morgan fingerprint density at radius 1 is 0.949 bits per heavy atom. The second-order valence-corrected chi connectivity index (χ2v) is 8.37. The summed E-state index contributed by atoms with van der Waals surface area (Å²) >= 11 is 0. The monoisotopic (exact) mass is 545 g/mol. The van der Waals surface area contributed by atoms with Crippen molar-refractivity contribution in [2.75, 3.05) is 0 Å². The van der Waals surface area contributed by atoms with E-state index in [1.165, 1.54) is 24.3 Å². The number of ether oxygens (including phenoxy) is 2. The normalized spacial score (nSPS) is 13.0. The molecule has 3 aromatic carbocycles. The predicted molar refractivity (Wildman–Crippen MR) is 129 cm³/mol. The summed E-state index contributed by atoms with van der Waals surface area (Å²) in [5.41, 5.74) is 6.49. The van der Waals surface area contributed by atoms with Crippen molar-refractivity contribution < 1.29 is 41.3 Å². The molecule has 2 atom stereocenters. The van der Waals surface area contributed by atoms with Crippen molar-refractivity contribution >= 4 is 5.97 Å². The summed E-state index contributed by atoms with van der Waals surface area (Å²) in [4.78, 5) is 18.8. The second-order valence-electron chi connectivity index (χ2n) is 8.37. The Morgan fingerprint density at radius 2 is 1.62 bits per heavy atom. The van der Waals surface area contributed by atoms with Gasteiger partial charge >= 0.3 is 12.1 Å². The van der Waals surface area contributed by atoms with E-state index in [1.54, 1.807) is 24.3 Å². The first kappa shape index (κ1) is 27.5. The zero-order valence-electron chi connectivity index (χ0n) is 19.9. The van der Waals surface area contributed by atoms with Gasteiger partial charge in [-0.2, -0.15) is 13.2 Å². The van der Waals surface area contributed by atoms with Crippen LogP contribution in [-0.4, -0.2) is 33.3 Å². The van der Waals surface area contributed by atoms with Gasteiger partial charge in [0.2, 0.25) is 12.0 Å². The number of nitrogens with two attached hydrogens (primary N) is 1. The van der Waals surface area contributed by atoms with Crippen LogP contribution >= 0.6 is 0 Å². The molecule has 1 unspecified atom stereocenters. The fourth-order valence-electron chi connectivity index (χ4n) is 3.65. The average Bonchev–Trinajstić information content (AvgIpc) is 2.87. The number of aliphatic carboxylic acids is 1. The summed E-state index contributed by atoms with van der Waals surface area (Å²) in [7, 11) is 0. The van der Waals surface area contributed by atoms with Crippen LogP contribution < -0.4 is 15.2 Å². The van der Waals surface area contributed by atoms with Crippen molar-refractivity contribution in [3.63, 3.8) is 0 Å². The smallest absolute Gasteiger partial charge is 0.429 e. The molecule has 39 heavy (non-hydrogen) atoms. The molecule has 202 valence electrons. The highest BCUT2D eigenvalue weighted by atomic mass is 19.4. The maximum Gasteiger partial charge on any atom is 0.429 e. The lowest BCUT2D eigenvalue weighted by atomic mass is 10.0. The molecule has 1 aromatic heterocycles. The number of carbonyl (C=O) groups is 1. The van der Waals surface area contributed by atoms with E-state index in [4.69, 9.17) is 20.3 Å². The number of benzene rings is 3. The number of carboxylic acids is 1. The van der Waals surface area contributed by atoms with Gasteiger partial charge in [0.25, 0.3) is 0 Å². The fraction of sp³-hybridized carbons (Fsp3) is 0.148. The Kier molecular flexibility index (Phi) is 8.05. The zero-order chi connectivity index (χ0) is 28.2. The van der Waals surface area contributed by atoms with Crippen LogP contribution in [0, 0.1) is 11.6 Å². The van der Waals surface area contributed by atoms with Gasteiger partial charge in [-0.1, -0.05) is 42.5 Å². The van der Waals surface area contributed by atoms with E-state index < -0.39 is 47.4 Å². The van der Waals surface area contributed by atoms with E-state index in [0.29, 0.717) is 17.2 Å². The van der Waals surface area contributed by atoms with E-state index in [2.05, 4.69) is 9.97 Å². The molecule has 0 aliphatic heterocycles. The highest BCUT2D eigenvalue weighted by Gasteiger charge is 2.45. The summed E-state index contributed by atoms with van der Waals surface area (Å²) < 4.78 is 80.3. The molecule has 12 heteroatoms. The molecule has 4 rings (SSSR count). The van der Waals surface area contributed by atoms with Gasteiger partial charge in [0.15, 0.2) is 0 Å². The highest BCUT2D eigenvalue weighted by molar-refractivity contribution is 5.73. The molecule has 0 aliphatic carbocycles. The van der Waals surface area contributed by atoms with E-state index in [1.807, 2.05) is 0 Å². The van der Waals surface area contributed by atoms with Gasteiger partial charge in [0, 0.05) is 35.4 Å². The lowest BCUT2D eigenvalue weighted by Crippen LogP contribution is -2.32. The van der Waals surface area contributed by atoms with Crippen molar-refractivity contribution in [2.24, 2.45) is 5.73 Å². The molecule has 0 saturated carbocycles. The minimum Gasteiger partial charge on any atom is -0.480 e. The van der Waals surface area contributed by atoms with Crippen LogP contribution in [0.3, 0.4) is 0 Å². The first-order valence-electron chi connectivity index (χ1n) is 11.4. The molecule has 0 bridgehead atoms. The topological polar surface area (TPSA) is 108 Å². The molecular weight excluding hydrogens is 525 g/mol. The first-order valence-corrected chi connectivity index (χ1v) is 11.4. The third kappa shape index (κ3) is 7.05. The third-order valence-corrected chi connectivity index (χ3v) is 5.47. The van der Waals surface area contributed by atoms with Gasteiger partial charge in [0.05, 0.1) is 5.69 Å². The van der Waals surface area contributed by atoms with Gasteiger partial charge in [-0.3, -0.25) is 4.79 Å². The van der Waals surface area contributed by atoms with Crippen LogP contribution in [-0.2, 0) is 11.2 Å². The standard InChI is InChI=1S/C27H20F5N3O4/c28-17-10-18(29)12-19(11-17)38-23-4-2-1-3-20(23)25(27(30,31)32)39-24-13-22(34-14-35-24)16-7-5-15(6-8-16)9-21(33)26(36)37/h1-8,10-14,21,25H,9,33H2,(H,36,37)/t21-,25?/m0/s1. The number of rotatable bonds is 9. The molecule has 0 aliphatic rings. The maximum absolute atomic E-state index is 14.2. The van der Waals surface area contributed by atoms with Crippen LogP contribution in [0.4, 0.5) is 22.0 Å². The number of carboxylic acid groups (broad SMARTS) is 1. The fourth-order valence-corrected chi connectivity index (χ4v) is 3.65. The molecule has 0 saturated heterocycles.